The molecule has 0 spiro atoms. The Hall–Kier alpha value is -2.39. The molecule has 0 bridgehead atoms. The summed E-state index contributed by atoms with van der Waals surface area (Å²) in [5, 5.41) is 3.29. The molecule has 2 N–H and O–H groups in total. The van der Waals surface area contributed by atoms with Crippen molar-refractivity contribution in [1.82, 2.24) is 15.8 Å². The lowest BCUT2D eigenvalue weighted by molar-refractivity contribution is -0.139. The molecule has 7 nitrogen and oxygen atoms in total. The molecule has 1 atom stereocenters. The van der Waals surface area contributed by atoms with Crippen LogP contribution in [0.5, 0.6) is 5.75 Å². The molecule has 1 heterocycles. The molecule has 9 heteroatoms. The summed E-state index contributed by atoms with van der Waals surface area (Å²) in [4.78, 5) is 37.1. The number of halogens is 2. The number of nitrogens with one attached hydrogen (secondary N) is 2. The van der Waals surface area contributed by atoms with Crippen molar-refractivity contribution < 1.29 is 19.1 Å². The highest BCUT2D eigenvalue weighted by Gasteiger charge is 2.49. The van der Waals surface area contributed by atoms with E-state index in [0.717, 1.165) is 4.47 Å². The molecule has 4 amide bonds. The average Bonchev–Trinajstić information content (AvgIpc) is 2.86. The Morgan fingerprint density at radius 3 is 2.56 bits per heavy atom. The lowest BCUT2D eigenvalue weighted by atomic mass is 9.92. The minimum Gasteiger partial charge on any atom is -0.483 e. The fourth-order valence-corrected chi connectivity index (χ4v) is 3.76. The molecule has 27 heavy (non-hydrogen) atoms. The Bertz CT molecular complexity index is 907. The molecule has 0 aromatic heterocycles. The summed E-state index contributed by atoms with van der Waals surface area (Å²) in [7, 11) is 0. The van der Waals surface area contributed by atoms with Gasteiger partial charge in [-0.1, -0.05) is 46.3 Å². The van der Waals surface area contributed by atoms with Crippen LogP contribution in [-0.2, 0) is 15.1 Å². The number of imide groups is 1. The molecule has 3 rings (SSSR count). The minimum absolute atomic E-state index is 0.362. The van der Waals surface area contributed by atoms with Gasteiger partial charge in [-0.05, 0) is 46.6 Å². The van der Waals surface area contributed by atoms with Crippen molar-refractivity contribution in [2.24, 2.45) is 0 Å². The molecule has 0 saturated carbocycles. The quantitative estimate of drug-likeness (QED) is 0.622. The van der Waals surface area contributed by atoms with E-state index in [1.54, 1.807) is 49.4 Å². The highest BCUT2D eigenvalue weighted by atomic mass is 79.9. The summed E-state index contributed by atoms with van der Waals surface area (Å²) in [6.45, 7) is 1.23. The summed E-state index contributed by atoms with van der Waals surface area (Å²) in [6, 6.07) is 13.3. The Kier molecular flexibility index (Phi) is 5.52. The van der Waals surface area contributed by atoms with E-state index in [1.165, 1.54) is 0 Å². The van der Waals surface area contributed by atoms with Crippen LogP contribution < -0.4 is 15.5 Å². The summed E-state index contributed by atoms with van der Waals surface area (Å²) in [5.74, 6) is -0.748. The first kappa shape index (κ1) is 19.4. The zero-order chi connectivity index (χ0) is 19.6. The van der Waals surface area contributed by atoms with Crippen LogP contribution in [0.2, 0.25) is 0 Å². The van der Waals surface area contributed by atoms with Gasteiger partial charge in [-0.25, -0.2) is 4.79 Å². The van der Waals surface area contributed by atoms with Crippen LogP contribution in [0.25, 0.3) is 0 Å². The standard InChI is InChI=1S/C18H15Br2N3O4/c1-18(11-5-3-2-4-6-11)16(25)23(17(26)21-18)22-15(24)10-27-14-8-7-12(19)9-13(14)20/h2-9H,10H2,1H3,(H,21,26)(H,22,24). The van der Waals surface area contributed by atoms with E-state index in [4.69, 9.17) is 4.74 Å². The van der Waals surface area contributed by atoms with Crippen LogP contribution in [0.3, 0.4) is 0 Å². The monoisotopic (exact) mass is 495 g/mol. The number of hydrazine groups is 1. The minimum atomic E-state index is -1.25. The topological polar surface area (TPSA) is 87.7 Å². The van der Waals surface area contributed by atoms with Gasteiger partial charge < -0.3 is 10.1 Å². The number of nitrogens with zero attached hydrogens (tertiary/aromatic N) is 1. The van der Waals surface area contributed by atoms with Gasteiger partial charge in [0, 0.05) is 4.47 Å². The van der Waals surface area contributed by atoms with Gasteiger partial charge in [0.15, 0.2) is 6.61 Å². The maximum absolute atomic E-state index is 12.7. The van der Waals surface area contributed by atoms with Crippen LogP contribution >= 0.6 is 31.9 Å². The van der Waals surface area contributed by atoms with Gasteiger partial charge in [0.25, 0.3) is 11.8 Å². The second kappa shape index (κ2) is 7.69. The number of carbonyl (C=O) groups is 3. The van der Waals surface area contributed by atoms with Gasteiger partial charge in [0.2, 0.25) is 0 Å². The van der Waals surface area contributed by atoms with E-state index in [0.29, 0.717) is 20.8 Å². The molecule has 140 valence electrons. The van der Waals surface area contributed by atoms with Gasteiger partial charge in [0.1, 0.15) is 11.3 Å². The van der Waals surface area contributed by atoms with E-state index in [2.05, 4.69) is 42.6 Å². The normalized spacial score (nSPS) is 19.0. The predicted octanol–water partition coefficient (Wildman–Crippen LogP) is 3.09. The van der Waals surface area contributed by atoms with Crippen LogP contribution in [0, 0.1) is 0 Å². The van der Waals surface area contributed by atoms with Crippen molar-refractivity contribution in [3.8, 4) is 5.75 Å². The molecule has 0 aliphatic carbocycles. The molecule has 1 aliphatic heterocycles. The van der Waals surface area contributed by atoms with Crippen LogP contribution in [0.15, 0.2) is 57.5 Å². The first-order valence-electron chi connectivity index (χ1n) is 7.91. The number of hydrogen-bond donors (Lipinski definition) is 2. The molecule has 2 aromatic carbocycles. The van der Waals surface area contributed by atoms with Crippen molar-refractivity contribution in [1.29, 1.82) is 0 Å². The first-order chi connectivity index (χ1) is 12.8. The number of urea groups is 1. The predicted molar refractivity (Wildman–Crippen MR) is 105 cm³/mol. The second-order valence-electron chi connectivity index (χ2n) is 5.96. The van der Waals surface area contributed by atoms with E-state index >= 15 is 0 Å². The third kappa shape index (κ3) is 3.98. The van der Waals surface area contributed by atoms with Crippen molar-refractivity contribution in [3.05, 3.63) is 63.0 Å². The van der Waals surface area contributed by atoms with E-state index in [1.807, 2.05) is 6.07 Å². The Morgan fingerprint density at radius 1 is 1.19 bits per heavy atom. The van der Waals surface area contributed by atoms with E-state index in [9.17, 15) is 14.4 Å². The number of amides is 4. The van der Waals surface area contributed by atoms with Gasteiger partial charge in [0.05, 0.1) is 4.47 Å². The third-order valence-electron chi connectivity index (χ3n) is 4.03. The molecule has 1 saturated heterocycles. The maximum atomic E-state index is 12.7. The van der Waals surface area contributed by atoms with Gasteiger partial charge in [-0.15, -0.1) is 0 Å². The van der Waals surface area contributed by atoms with Crippen molar-refractivity contribution in [2.45, 2.75) is 12.5 Å². The van der Waals surface area contributed by atoms with Crippen LogP contribution in [0.1, 0.15) is 12.5 Å². The first-order valence-corrected chi connectivity index (χ1v) is 9.49. The highest BCUT2D eigenvalue weighted by Crippen LogP contribution is 2.29. The highest BCUT2D eigenvalue weighted by molar-refractivity contribution is 9.11. The largest absolute Gasteiger partial charge is 0.483 e. The fourth-order valence-electron chi connectivity index (χ4n) is 2.60. The van der Waals surface area contributed by atoms with Gasteiger partial charge in [-0.2, -0.15) is 5.01 Å². The maximum Gasteiger partial charge on any atom is 0.344 e. The number of benzene rings is 2. The molecule has 1 fully saturated rings. The molecule has 1 aliphatic rings. The smallest absolute Gasteiger partial charge is 0.344 e. The molecule has 0 radical (unpaired) electrons. The second-order valence-corrected chi connectivity index (χ2v) is 7.73. The molecular weight excluding hydrogens is 482 g/mol. The lowest BCUT2D eigenvalue weighted by Crippen LogP contribution is -2.49. The Labute approximate surface area is 172 Å². The Balaban J connectivity index is 1.66. The summed E-state index contributed by atoms with van der Waals surface area (Å²) in [5.41, 5.74) is 1.66. The number of ether oxygens (including phenoxy) is 1. The lowest BCUT2D eigenvalue weighted by Gasteiger charge is -2.22. The SMILES string of the molecule is CC1(c2ccccc2)NC(=O)N(NC(=O)COc2ccc(Br)cc2Br)C1=O. The summed E-state index contributed by atoms with van der Waals surface area (Å²) in [6.07, 6.45) is 0. The molecule has 2 aromatic rings. The Morgan fingerprint density at radius 2 is 1.89 bits per heavy atom. The fraction of sp³-hybridized carbons (Fsp3) is 0.167. The van der Waals surface area contributed by atoms with Gasteiger partial charge >= 0.3 is 6.03 Å². The van der Waals surface area contributed by atoms with Crippen molar-refractivity contribution in [3.63, 3.8) is 0 Å². The van der Waals surface area contributed by atoms with Gasteiger partial charge in [-0.3, -0.25) is 15.0 Å². The number of rotatable bonds is 5. The van der Waals surface area contributed by atoms with E-state index < -0.39 is 23.4 Å². The van der Waals surface area contributed by atoms with Crippen LogP contribution in [0.4, 0.5) is 4.79 Å². The van der Waals surface area contributed by atoms with Crippen molar-refractivity contribution in [2.75, 3.05) is 6.61 Å². The summed E-state index contributed by atoms with van der Waals surface area (Å²) >= 11 is 6.65. The van der Waals surface area contributed by atoms with E-state index in [-0.39, 0.29) is 6.61 Å². The molecule has 1 unspecified atom stereocenters. The van der Waals surface area contributed by atoms with Crippen LogP contribution in [-0.4, -0.2) is 29.5 Å². The average molecular weight is 497 g/mol. The zero-order valence-electron chi connectivity index (χ0n) is 14.2. The number of carbonyl (C=O) groups excluding carboxylic acids is 3. The zero-order valence-corrected chi connectivity index (χ0v) is 17.3. The summed E-state index contributed by atoms with van der Waals surface area (Å²) < 4.78 is 6.94. The third-order valence-corrected chi connectivity index (χ3v) is 5.14. The molecular formula is C18H15Br2N3O4. The number of hydrogen-bond acceptors (Lipinski definition) is 4. The van der Waals surface area contributed by atoms with Crippen molar-refractivity contribution >= 4 is 49.7 Å².